The molecular formula is C29H25ClN4OS. The number of halogens is 1. The van der Waals surface area contributed by atoms with Crippen molar-refractivity contribution in [3.8, 4) is 0 Å². The Morgan fingerprint density at radius 2 is 1.72 bits per heavy atom. The number of aromatic nitrogens is 3. The van der Waals surface area contributed by atoms with Crippen molar-refractivity contribution >= 4 is 40.3 Å². The van der Waals surface area contributed by atoms with E-state index in [-0.39, 0.29) is 5.91 Å². The standard InChI is InChI=1S/C29H25ClN4OS/c30-25-8-4-7-23(17-25)20-36-29-33-26-14-15-31-18-27(26)34(29)19-22-9-11-24(12-10-22)28(35)32-16-13-21-5-2-1-3-6-21/h1-12,14-15,17-18H,13,16,19-20H2,(H,32,35). The molecule has 5 aromatic rings. The topological polar surface area (TPSA) is 59.8 Å². The molecule has 0 bridgehead atoms. The number of nitrogens with zero attached hydrogens (tertiary/aromatic N) is 3. The fourth-order valence-corrected chi connectivity index (χ4v) is 5.17. The summed E-state index contributed by atoms with van der Waals surface area (Å²) in [6.07, 6.45) is 4.42. The third-order valence-corrected chi connectivity index (χ3v) is 7.15. The highest BCUT2D eigenvalue weighted by Gasteiger charge is 2.13. The minimum Gasteiger partial charge on any atom is -0.352 e. The van der Waals surface area contributed by atoms with Gasteiger partial charge in [0.05, 0.1) is 23.8 Å². The van der Waals surface area contributed by atoms with E-state index in [4.69, 9.17) is 16.6 Å². The number of rotatable bonds is 9. The van der Waals surface area contributed by atoms with E-state index >= 15 is 0 Å². The summed E-state index contributed by atoms with van der Waals surface area (Å²) in [5.41, 5.74) is 5.98. The Morgan fingerprint density at radius 3 is 2.53 bits per heavy atom. The Bertz CT molecular complexity index is 1470. The van der Waals surface area contributed by atoms with Gasteiger partial charge in [-0.25, -0.2) is 4.98 Å². The lowest BCUT2D eigenvalue weighted by molar-refractivity contribution is 0.0954. The van der Waals surface area contributed by atoms with Crippen molar-refractivity contribution in [2.24, 2.45) is 0 Å². The average molecular weight is 513 g/mol. The van der Waals surface area contributed by atoms with Crippen LogP contribution in [0.2, 0.25) is 5.02 Å². The van der Waals surface area contributed by atoms with Crippen molar-refractivity contribution in [2.75, 3.05) is 6.54 Å². The van der Waals surface area contributed by atoms with Gasteiger partial charge in [0.2, 0.25) is 0 Å². The quantitative estimate of drug-likeness (QED) is 0.232. The zero-order chi connectivity index (χ0) is 24.7. The Kier molecular flexibility index (Phi) is 7.64. The van der Waals surface area contributed by atoms with Gasteiger partial charge in [-0.15, -0.1) is 0 Å². The zero-order valence-electron chi connectivity index (χ0n) is 19.6. The first-order valence-corrected chi connectivity index (χ1v) is 13.1. The van der Waals surface area contributed by atoms with Crippen molar-refractivity contribution in [1.29, 1.82) is 0 Å². The van der Waals surface area contributed by atoms with E-state index in [1.54, 1.807) is 18.0 Å². The number of imidazole rings is 1. The van der Waals surface area contributed by atoms with E-state index in [0.29, 0.717) is 18.7 Å². The SMILES string of the molecule is O=C(NCCc1ccccc1)c1ccc(Cn2c(SCc3cccc(Cl)c3)nc3ccncc32)cc1. The van der Waals surface area contributed by atoms with Crippen molar-refractivity contribution in [2.45, 2.75) is 23.9 Å². The zero-order valence-corrected chi connectivity index (χ0v) is 21.2. The summed E-state index contributed by atoms with van der Waals surface area (Å²) in [6.45, 7) is 1.24. The molecule has 180 valence electrons. The highest BCUT2D eigenvalue weighted by atomic mass is 35.5. The Labute approximate surface area is 219 Å². The molecule has 0 atom stereocenters. The van der Waals surface area contributed by atoms with E-state index in [1.807, 2.05) is 72.9 Å². The molecule has 1 amide bonds. The second-order valence-electron chi connectivity index (χ2n) is 8.45. The van der Waals surface area contributed by atoms with Gasteiger partial charge < -0.3 is 9.88 Å². The molecule has 7 heteroatoms. The molecule has 5 nitrogen and oxygen atoms in total. The first-order valence-electron chi connectivity index (χ1n) is 11.7. The Balaban J connectivity index is 1.27. The maximum absolute atomic E-state index is 12.6. The van der Waals surface area contributed by atoms with Gasteiger partial charge in [0, 0.05) is 29.1 Å². The predicted octanol–water partition coefficient (Wildman–Crippen LogP) is 6.40. The van der Waals surface area contributed by atoms with Gasteiger partial charge in [-0.05, 0) is 53.4 Å². The normalized spacial score (nSPS) is 11.0. The molecule has 1 N–H and O–H groups in total. The second-order valence-corrected chi connectivity index (χ2v) is 9.83. The number of benzene rings is 3. The number of amides is 1. The lowest BCUT2D eigenvalue weighted by Gasteiger charge is -2.10. The lowest BCUT2D eigenvalue weighted by atomic mass is 10.1. The molecule has 0 aliphatic rings. The molecule has 2 heterocycles. The minimum atomic E-state index is -0.0625. The lowest BCUT2D eigenvalue weighted by Crippen LogP contribution is -2.25. The predicted molar refractivity (Wildman–Crippen MR) is 147 cm³/mol. The summed E-state index contributed by atoms with van der Waals surface area (Å²) in [7, 11) is 0. The number of fused-ring (bicyclic) bond motifs is 1. The van der Waals surface area contributed by atoms with Crippen LogP contribution >= 0.6 is 23.4 Å². The number of nitrogens with one attached hydrogen (secondary N) is 1. The van der Waals surface area contributed by atoms with Gasteiger partial charge >= 0.3 is 0 Å². The van der Waals surface area contributed by atoms with Crippen LogP contribution in [-0.4, -0.2) is 27.0 Å². The summed E-state index contributed by atoms with van der Waals surface area (Å²) >= 11 is 7.82. The van der Waals surface area contributed by atoms with Crippen LogP contribution in [-0.2, 0) is 18.7 Å². The van der Waals surface area contributed by atoms with Crippen LogP contribution < -0.4 is 5.32 Å². The molecule has 0 radical (unpaired) electrons. The van der Waals surface area contributed by atoms with Crippen molar-refractivity contribution in [3.63, 3.8) is 0 Å². The second kappa shape index (κ2) is 11.4. The van der Waals surface area contributed by atoms with Crippen molar-refractivity contribution < 1.29 is 4.79 Å². The van der Waals surface area contributed by atoms with E-state index in [1.165, 1.54) is 5.56 Å². The van der Waals surface area contributed by atoms with Gasteiger partial charge in [-0.2, -0.15) is 0 Å². The van der Waals surface area contributed by atoms with Crippen LogP contribution in [0.3, 0.4) is 0 Å². The molecule has 0 aliphatic carbocycles. The number of hydrogen-bond donors (Lipinski definition) is 1. The maximum Gasteiger partial charge on any atom is 0.251 e. The van der Waals surface area contributed by atoms with Crippen molar-refractivity contribution in [1.82, 2.24) is 19.9 Å². The number of thioether (sulfide) groups is 1. The largest absolute Gasteiger partial charge is 0.352 e. The summed E-state index contributed by atoms with van der Waals surface area (Å²) in [5.74, 6) is 0.701. The van der Waals surface area contributed by atoms with E-state index in [2.05, 4.69) is 33.1 Å². The Morgan fingerprint density at radius 1 is 0.917 bits per heavy atom. The smallest absolute Gasteiger partial charge is 0.251 e. The van der Waals surface area contributed by atoms with E-state index in [0.717, 1.165) is 44.5 Å². The van der Waals surface area contributed by atoms with Gasteiger partial charge in [-0.3, -0.25) is 9.78 Å². The van der Waals surface area contributed by atoms with Crippen molar-refractivity contribution in [3.05, 3.63) is 125 Å². The number of carbonyl (C=O) groups is 1. The number of carbonyl (C=O) groups excluding carboxylic acids is 1. The van der Waals surface area contributed by atoms with Crippen LogP contribution in [0.1, 0.15) is 27.0 Å². The van der Waals surface area contributed by atoms with Crippen LogP contribution in [0.25, 0.3) is 11.0 Å². The third kappa shape index (κ3) is 5.96. The average Bonchev–Trinajstić information content (AvgIpc) is 3.25. The van der Waals surface area contributed by atoms with Gasteiger partial charge in [0.1, 0.15) is 0 Å². The first kappa shape index (κ1) is 24.1. The molecule has 5 rings (SSSR count). The highest BCUT2D eigenvalue weighted by Crippen LogP contribution is 2.28. The minimum absolute atomic E-state index is 0.0625. The van der Waals surface area contributed by atoms with Gasteiger partial charge in [0.25, 0.3) is 5.91 Å². The van der Waals surface area contributed by atoms with E-state index in [9.17, 15) is 4.79 Å². The molecule has 0 saturated heterocycles. The monoisotopic (exact) mass is 512 g/mol. The molecule has 3 aromatic carbocycles. The van der Waals surface area contributed by atoms with Crippen LogP contribution in [0, 0.1) is 0 Å². The summed E-state index contributed by atoms with van der Waals surface area (Å²) in [4.78, 5) is 21.7. The molecule has 36 heavy (non-hydrogen) atoms. The third-order valence-electron chi connectivity index (χ3n) is 5.87. The van der Waals surface area contributed by atoms with Gasteiger partial charge in [0.15, 0.2) is 5.16 Å². The molecule has 0 aliphatic heterocycles. The molecule has 0 fully saturated rings. The van der Waals surface area contributed by atoms with Crippen LogP contribution in [0.15, 0.2) is 102 Å². The van der Waals surface area contributed by atoms with Gasteiger partial charge in [-0.1, -0.05) is 78.0 Å². The summed E-state index contributed by atoms with van der Waals surface area (Å²) < 4.78 is 2.17. The maximum atomic E-state index is 12.6. The molecule has 0 unspecified atom stereocenters. The Hall–Kier alpha value is -3.61. The fraction of sp³-hybridized carbons (Fsp3) is 0.138. The molecule has 0 saturated carbocycles. The van der Waals surface area contributed by atoms with Crippen LogP contribution in [0.4, 0.5) is 0 Å². The number of hydrogen-bond acceptors (Lipinski definition) is 4. The first-order chi connectivity index (χ1) is 17.7. The summed E-state index contributed by atoms with van der Waals surface area (Å²) in [5, 5.41) is 4.66. The highest BCUT2D eigenvalue weighted by molar-refractivity contribution is 7.98. The molecular weight excluding hydrogens is 488 g/mol. The molecule has 2 aromatic heterocycles. The number of pyridine rings is 1. The summed E-state index contributed by atoms with van der Waals surface area (Å²) in [6, 6.07) is 27.7. The fourth-order valence-electron chi connectivity index (χ4n) is 4.00. The molecule has 0 spiro atoms. The van der Waals surface area contributed by atoms with E-state index < -0.39 is 0 Å². The van der Waals surface area contributed by atoms with Crippen LogP contribution in [0.5, 0.6) is 0 Å².